The zero-order valence-corrected chi connectivity index (χ0v) is 15.7. The third-order valence-corrected chi connectivity index (χ3v) is 5.96. The number of nitrogens with zero attached hydrogens (tertiary/aromatic N) is 8. The van der Waals surface area contributed by atoms with Crippen LogP contribution in [0.2, 0.25) is 0 Å². The lowest BCUT2D eigenvalue weighted by Crippen LogP contribution is -2.24. The number of fused-ring (bicyclic) bond motifs is 2. The van der Waals surface area contributed by atoms with Gasteiger partial charge < -0.3 is 14.0 Å². The maximum atomic E-state index is 12.7. The summed E-state index contributed by atoms with van der Waals surface area (Å²) >= 11 is 0. The van der Waals surface area contributed by atoms with Crippen LogP contribution in [0, 0.1) is 11.8 Å². The topological polar surface area (TPSA) is 108 Å². The Morgan fingerprint density at radius 1 is 1.14 bits per heavy atom. The molecule has 1 saturated heterocycles. The number of hydrogen-bond acceptors (Lipinski definition) is 8. The fourth-order valence-electron chi connectivity index (χ4n) is 4.43. The number of anilines is 1. The van der Waals surface area contributed by atoms with Crippen molar-refractivity contribution >= 4 is 17.0 Å². The van der Waals surface area contributed by atoms with Gasteiger partial charge >= 0.3 is 0 Å². The van der Waals surface area contributed by atoms with Crippen molar-refractivity contribution < 1.29 is 4.52 Å². The minimum absolute atomic E-state index is 0.177. The highest BCUT2D eigenvalue weighted by Gasteiger charge is 2.58. The van der Waals surface area contributed by atoms with Crippen LogP contribution in [-0.4, -0.2) is 47.3 Å². The fourth-order valence-corrected chi connectivity index (χ4v) is 4.43. The molecule has 5 heterocycles. The Bertz CT molecular complexity index is 1250. The summed E-state index contributed by atoms with van der Waals surface area (Å²) < 4.78 is 8.56. The van der Waals surface area contributed by atoms with E-state index in [1.54, 1.807) is 17.9 Å². The van der Waals surface area contributed by atoms with Gasteiger partial charge in [-0.2, -0.15) is 4.98 Å². The number of rotatable bonds is 4. The van der Waals surface area contributed by atoms with E-state index in [0.717, 1.165) is 24.7 Å². The summed E-state index contributed by atoms with van der Waals surface area (Å²) in [5.74, 6) is 3.54. The van der Waals surface area contributed by atoms with Crippen LogP contribution < -0.4 is 10.5 Å². The Morgan fingerprint density at radius 2 is 1.97 bits per heavy atom. The first-order valence-electron chi connectivity index (χ1n) is 9.54. The third kappa shape index (κ3) is 2.55. The Kier molecular flexibility index (Phi) is 3.37. The average molecular weight is 390 g/mol. The zero-order valence-electron chi connectivity index (χ0n) is 15.7. The smallest absolute Gasteiger partial charge is 0.280 e. The van der Waals surface area contributed by atoms with Crippen molar-refractivity contribution in [2.45, 2.75) is 12.5 Å². The molecule has 0 bridgehead atoms. The van der Waals surface area contributed by atoms with E-state index in [1.165, 1.54) is 10.9 Å². The van der Waals surface area contributed by atoms with Gasteiger partial charge in [-0.15, -0.1) is 0 Å². The summed E-state index contributed by atoms with van der Waals surface area (Å²) in [5, 5.41) is 4.18. The Balaban J connectivity index is 1.18. The van der Waals surface area contributed by atoms with Crippen molar-refractivity contribution in [2.24, 2.45) is 18.9 Å². The summed E-state index contributed by atoms with van der Waals surface area (Å²) in [6.45, 7) is 2.11. The average Bonchev–Trinajstić information content (AvgIpc) is 3.16. The molecule has 2 unspecified atom stereocenters. The second kappa shape index (κ2) is 5.97. The first kappa shape index (κ1) is 16.4. The van der Waals surface area contributed by atoms with E-state index in [0.29, 0.717) is 34.8 Å². The van der Waals surface area contributed by atoms with Gasteiger partial charge in [0.25, 0.3) is 5.56 Å². The maximum absolute atomic E-state index is 12.7. The second-order valence-corrected chi connectivity index (χ2v) is 7.70. The van der Waals surface area contributed by atoms with Crippen LogP contribution in [0.25, 0.3) is 11.2 Å². The molecular weight excluding hydrogens is 372 g/mol. The summed E-state index contributed by atoms with van der Waals surface area (Å²) in [7, 11) is 1.77. The number of aryl methyl sites for hydroxylation is 1. The summed E-state index contributed by atoms with van der Waals surface area (Å²) in [4.78, 5) is 32.3. The number of piperidine rings is 1. The van der Waals surface area contributed by atoms with E-state index in [1.807, 2.05) is 24.4 Å². The molecule has 2 fully saturated rings. The molecule has 6 rings (SSSR count). The lowest BCUT2D eigenvalue weighted by molar-refractivity contribution is 0.363. The van der Waals surface area contributed by atoms with Crippen molar-refractivity contribution in [2.75, 3.05) is 18.0 Å². The van der Waals surface area contributed by atoms with Gasteiger partial charge in [0, 0.05) is 32.3 Å². The van der Waals surface area contributed by atoms with Gasteiger partial charge in [0.15, 0.2) is 17.0 Å². The standard InChI is InChI=1S/C19H18N8O2/c1-25-9-21-18-16(25)19(28)27(10-22-18)8-14-23-17(24-29-14)15-11-6-26(7-12(11)15)13-4-2-3-5-20-13/h2-5,9-12,15H,6-8H2,1H3. The Hall–Kier alpha value is -3.56. The number of aromatic nitrogens is 7. The van der Waals surface area contributed by atoms with E-state index in [2.05, 4.69) is 30.0 Å². The molecule has 0 N–H and O–H groups in total. The molecule has 0 spiro atoms. The monoisotopic (exact) mass is 390 g/mol. The molecule has 4 aromatic rings. The van der Waals surface area contributed by atoms with Gasteiger partial charge in [-0.1, -0.05) is 11.2 Å². The molecular formula is C19H18N8O2. The molecule has 2 aliphatic rings. The van der Waals surface area contributed by atoms with Crippen LogP contribution in [0.15, 0.2) is 46.4 Å². The van der Waals surface area contributed by atoms with Crippen LogP contribution in [0.3, 0.4) is 0 Å². The van der Waals surface area contributed by atoms with Crippen LogP contribution in [0.5, 0.6) is 0 Å². The molecule has 10 nitrogen and oxygen atoms in total. The maximum Gasteiger partial charge on any atom is 0.280 e. The van der Waals surface area contributed by atoms with Gasteiger partial charge in [-0.3, -0.25) is 9.36 Å². The van der Waals surface area contributed by atoms with Gasteiger partial charge in [0.05, 0.1) is 6.33 Å². The highest BCUT2D eigenvalue weighted by Crippen LogP contribution is 2.57. The molecule has 4 aromatic heterocycles. The fraction of sp³-hybridized carbons (Fsp3) is 0.368. The van der Waals surface area contributed by atoms with Gasteiger partial charge in [-0.25, -0.2) is 15.0 Å². The van der Waals surface area contributed by atoms with Crippen molar-refractivity contribution in [3.8, 4) is 0 Å². The van der Waals surface area contributed by atoms with Crippen LogP contribution >= 0.6 is 0 Å². The molecule has 146 valence electrons. The SMILES string of the molecule is Cn1cnc2ncn(Cc3nc(C4C5CN(c6ccccn6)CC54)no3)c(=O)c21. The minimum Gasteiger partial charge on any atom is -0.356 e. The lowest BCUT2D eigenvalue weighted by atomic mass is 10.2. The highest BCUT2D eigenvalue weighted by atomic mass is 16.5. The van der Waals surface area contributed by atoms with Crippen LogP contribution in [-0.2, 0) is 13.6 Å². The number of hydrogen-bond donors (Lipinski definition) is 0. The third-order valence-electron chi connectivity index (χ3n) is 5.96. The van der Waals surface area contributed by atoms with Gasteiger partial charge in [-0.05, 0) is 24.0 Å². The van der Waals surface area contributed by atoms with Gasteiger partial charge in [0.2, 0.25) is 5.89 Å². The van der Waals surface area contributed by atoms with E-state index in [4.69, 9.17) is 4.52 Å². The lowest BCUT2D eigenvalue weighted by Gasteiger charge is -2.19. The van der Waals surface area contributed by atoms with E-state index in [-0.39, 0.29) is 12.1 Å². The molecule has 10 heteroatoms. The van der Waals surface area contributed by atoms with Crippen molar-refractivity contribution in [1.82, 2.24) is 34.2 Å². The quantitative estimate of drug-likeness (QED) is 0.504. The predicted octanol–water partition coefficient (Wildman–Crippen LogP) is 0.806. The zero-order chi connectivity index (χ0) is 19.5. The second-order valence-electron chi connectivity index (χ2n) is 7.70. The van der Waals surface area contributed by atoms with E-state index >= 15 is 0 Å². The molecule has 1 aliphatic carbocycles. The van der Waals surface area contributed by atoms with Gasteiger partial charge in [0.1, 0.15) is 18.7 Å². The molecule has 2 atom stereocenters. The molecule has 1 saturated carbocycles. The van der Waals surface area contributed by atoms with Crippen LogP contribution in [0.1, 0.15) is 17.6 Å². The van der Waals surface area contributed by atoms with Crippen molar-refractivity contribution in [1.29, 1.82) is 0 Å². The first-order chi connectivity index (χ1) is 14.2. The summed E-state index contributed by atoms with van der Waals surface area (Å²) in [6.07, 6.45) is 4.87. The molecule has 29 heavy (non-hydrogen) atoms. The normalized spacial score (nSPS) is 22.9. The molecule has 0 amide bonds. The van der Waals surface area contributed by atoms with Crippen LogP contribution in [0.4, 0.5) is 5.82 Å². The summed E-state index contributed by atoms with van der Waals surface area (Å²) in [5.41, 5.74) is 0.714. The molecule has 0 aromatic carbocycles. The summed E-state index contributed by atoms with van der Waals surface area (Å²) in [6, 6.07) is 5.97. The minimum atomic E-state index is -0.177. The largest absolute Gasteiger partial charge is 0.356 e. The van der Waals surface area contributed by atoms with E-state index < -0.39 is 0 Å². The molecule has 0 radical (unpaired) electrons. The Morgan fingerprint density at radius 3 is 2.76 bits per heavy atom. The van der Waals surface area contributed by atoms with E-state index in [9.17, 15) is 4.79 Å². The predicted molar refractivity (Wildman–Crippen MR) is 102 cm³/mol. The Labute approximate surface area is 164 Å². The van der Waals surface area contributed by atoms with Crippen molar-refractivity contribution in [3.63, 3.8) is 0 Å². The van der Waals surface area contributed by atoms with Crippen molar-refractivity contribution in [3.05, 3.63) is 59.1 Å². The first-order valence-corrected chi connectivity index (χ1v) is 9.54. The number of pyridine rings is 1. The number of imidazole rings is 1. The molecule has 1 aliphatic heterocycles. The highest BCUT2D eigenvalue weighted by molar-refractivity contribution is 5.68.